The molecule has 1 aromatic carbocycles. The number of aromatic nitrogens is 2. The molecule has 2 rings (SSSR count). The lowest BCUT2D eigenvalue weighted by atomic mass is 10.3. The van der Waals surface area contributed by atoms with E-state index in [-0.39, 0.29) is 5.82 Å². The van der Waals surface area contributed by atoms with E-state index in [1.54, 1.807) is 13.8 Å². The molecule has 2 aromatic rings. The third-order valence-electron chi connectivity index (χ3n) is 2.86. The van der Waals surface area contributed by atoms with Gasteiger partial charge in [-0.15, -0.1) is 0 Å². The number of halogens is 2. The van der Waals surface area contributed by atoms with Gasteiger partial charge in [0.2, 0.25) is 0 Å². The van der Waals surface area contributed by atoms with Crippen LogP contribution in [0, 0.1) is 25.5 Å². The number of aromatic amines is 1. The van der Waals surface area contributed by atoms with Crippen LogP contribution in [0.1, 0.15) is 11.3 Å². The number of H-pyrrole nitrogens is 1. The Bertz CT molecular complexity index is 771. The largest absolute Gasteiger partial charge is 0.394 e. The molecule has 0 fully saturated rings. The van der Waals surface area contributed by atoms with Crippen molar-refractivity contribution in [1.29, 1.82) is 0 Å². The third kappa shape index (κ3) is 2.31. The number of rotatable bonds is 3. The first-order valence-electron chi connectivity index (χ1n) is 5.52. The highest BCUT2D eigenvalue weighted by molar-refractivity contribution is 7.92. The van der Waals surface area contributed by atoms with Crippen molar-refractivity contribution in [2.24, 2.45) is 0 Å². The summed E-state index contributed by atoms with van der Waals surface area (Å²) < 4.78 is 53.1. The summed E-state index contributed by atoms with van der Waals surface area (Å²) in [6.07, 6.45) is 0. The van der Waals surface area contributed by atoms with Gasteiger partial charge in [-0.1, -0.05) is 0 Å². The zero-order valence-electron chi connectivity index (χ0n) is 10.7. The number of nitrogens with zero attached hydrogens (tertiary/aromatic N) is 1. The number of aryl methyl sites for hydroxylation is 1. The molecule has 0 spiro atoms. The lowest BCUT2D eigenvalue weighted by Gasteiger charge is -2.09. The number of hydrogen-bond acceptors (Lipinski definition) is 4. The zero-order chi connectivity index (χ0) is 15.1. The van der Waals surface area contributed by atoms with Crippen molar-refractivity contribution in [2.75, 3.05) is 10.5 Å². The van der Waals surface area contributed by atoms with E-state index in [0.717, 1.165) is 12.1 Å². The van der Waals surface area contributed by atoms with Crippen molar-refractivity contribution < 1.29 is 17.2 Å². The summed E-state index contributed by atoms with van der Waals surface area (Å²) in [6.45, 7) is 3.35. The number of anilines is 2. The van der Waals surface area contributed by atoms with Gasteiger partial charge in [0.25, 0.3) is 10.0 Å². The second kappa shape index (κ2) is 4.75. The van der Waals surface area contributed by atoms with Crippen LogP contribution in [0.4, 0.5) is 20.3 Å². The van der Waals surface area contributed by atoms with E-state index in [0.29, 0.717) is 11.3 Å². The highest BCUT2D eigenvalue weighted by Crippen LogP contribution is 2.25. The minimum absolute atomic E-state index is 0.0461. The van der Waals surface area contributed by atoms with Crippen LogP contribution >= 0.6 is 0 Å². The van der Waals surface area contributed by atoms with Crippen molar-refractivity contribution in [3.8, 4) is 0 Å². The molecule has 0 unspecified atom stereocenters. The Balaban J connectivity index is 2.46. The fourth-order valence-corrected chi connectivity index (χ4v) is 2.68. The van der Waals surface area contributed by atoms with Crippen LogP contribution < -0.4 is 10.5 Å². The molecule has 0 bridgehead atoms. The molecular formula is C11H12F2N4O2S. The molecule has 0 aliphatic heterocycles. The number of nitrogens with two attached hydrogens (primary N) is 1. The second-order valence-electron chi connectivity index (χ2n) is 4.20. The van der Waals surface area contributed by atoms with Crippen LogP contribution in [0.2, 0.25) is 0 Å². The van der Waals surface area contributed by atoms with Gasteiger partial charge in [0.1, 0.15) is 16.4 Å². The van der Waals surface area contributed by atoms with Gasteiger partial charge in [-0.3, -0.25) is 9.82 Å². The molecule has 20 heavy (non-hydrogen) atoms. The summed E-state index contributed by atoms with van der Waals surface area (Å²) in [5.41, 5.74) is 5.54. The van der Waals surface area contributed by atoms with Gasteiger partial charge in [-0.25, -0.2) is 17.2 Å². The van der Waals surface area contributed by atoms with Crippen molar-refractivity contribution in [1.82, 2.24) is 10.2 Å². The molecule has 1 aromatic heterocycles. The Kier molecular flexibility index (Phi) is 3.38. The van der Waals surface area contributed by atoms with E-state index >= 15 is 0 Å². The van der Waals surface area contributed by atoms with E-state index in [9.17, 15) is 17.2 Å². The fraction of sp³-hybridized carbons (Fsp3) is 0.182. The van der Waals surface area contributed by atoms with Crippen LogP contribution in [0.5, 0.6) is 0 Å². The van der Waals surface area contributed by atoms with Gasteiger partial charge in [-0.2, -0.15) is 5.10 Å². The lowest BCUT2D eigenvalue weighted by Crippen LogP contribution is -2.16. The molecule has 0 atom stereocenters. The zero-order valence-corrected chi connectivity index (χ0v) is 11.5. The SMILES string of the molecule is Cc1[nH]nc(NS(=O)(=O)c2ccc(F)c(N)c2F)c1C. The molecular weight excluding hydrogens is 290 g/mol. The minimum atomic E-state index is -4.25. The predicted molar refractivity (Wildman–Crippen MR) is 69.6 cm³/mol. The summed E-state index contributed by atoms with van der Waals surface area (Å²) in [5.74, 6) is -2.31. The summed E-state index contributed by atoms with van der Waals surface area (Å²) in [6, 6.07) is 1.59. The maximum absolute atomic E-state index is 13.8. The van der Waals surface area contributed by atoms with E-state index in [2.05, 4.69) is 14.9 Å². The molecule has 108 valence electrons. The van der Waals surface area contributed by atoms with Crippen molar-refractivity contribution >= 4 is 21.5 Å². The number of nitrogen functional groups attached to an aromatic ring is 1. The number of nitrogens with one attached hydrogen (secondary N) is 2. The molecule has 0 aliphatic carbocycles. The molecule has 0 saturated carbocycles. The van der Waals surface area contributed by atoms with Crippen LogP contribution in [-0.2, 0) is 10.0 Å². The predicted octanol–water partition coefficient (Wildman–Crippen LogP) is 1.69. The average molecular weight is 302 g/mol. The maximum Gasteiger partial charge on any atom is 0.266 e. The topological polar surface area (TPSA) is 101 Å². The van der Waals surface area contributed by atoms with Crippen molar-refractivity contribution in [3.05, 3.63) is 35.0 Å². The van der Waals surface area contributed by atoms with Crippen LogP contribution in [0.15, 0.2) is 17.0 Å². The first-order chi connectivity index (χ1) is 9.24. The number of hydrogen-bond donors (Lipinski definition) is 3. The molecule has 1 heterocycles. The summed E-state index contributed by atoms with van der Waals surface area (Å²) >= 11 is 0. The smallest absolute Gasteiger partial charge is 0.266 e. The fourth-order valence-electron chi connectivity index (χ4n) is 1.52. The van der Waals surface area contributed by atoms with E-state index < -0.39 is 32.2 Å². The Labute approximate surface area is 114 Å². The van der Waals surface area contributed by atoms with Crippen molar-refractivity contribution in [2.45, 2.75) is 18.7 Å². The van der Waals surface area contributed by atoms with Crippen LogP contribution in [0.25, 0.3) is 0 Å². The molecule has 6 nitrogen and oxygen atoms in total. The first kappa shape index (κ1) is 14.3. The molecule has 0 aliphatic rings. The standard InChI is InChI=1S/C11H12F2N4O2S/c1-5-6(2)15-16-11(5)17-20(18,19)8-4-3-7(12)10(14)9(8)13/h3-4H,14H2,1-2H3,(H2,15,16,17). The van der Waals surface area contributed by atoms with Crippen LogP contribution in [0.3, 0.4) is 0 Å². The Morgan fingerprint density at radius 1 is 1.30 bits per heavy atom. The summed E-state index contributed by atoms with van der Waals surface area (Å²) in [4.78, 5) is -0.739. The van der Waals surface area contributed by atoms with Gasteiger partial charge in [0.05, 0.1) is 0 Å². The van der Waals surface area contributed by atoms with Crippen LogP contribution in [-0.4, -0.2) is 18.6 Å². The molecule has 0 amide bonds. The second-order valence-corrected chi connectivity index (χ2v) is 5.85. The summed E-state index contributed by atoms with van der Waals surface area (Å²) in [7, 11) is -4.25. The van der Waals surface area contributed by atoms with Crippen molar-refractivity contribution in [3.63, 3.8) is 0 Å². The minimum Gasteiger partial charge on any atom is -0.394 e. The quantitative estimate of drug-likeness (QED) is 0.751. The third-order valence-corrected chi connectivity index (χ3v) is 4.22. The molecule has 4 N–H and O–H groups in total. The van der Waals surface area contributed by atoms with E-state index in [4.69, 9.17) is 5.73 Å². The van der Waals surface area contributed by atoms with E-state index in [1.165, 1.54) is 0 Å². The lowest BCUT2D eigenvalue weighted by molar-refractivity contribution is 0.557. The molecule has 0 saturated heterocycles. The highest BCUT2D eigenvalue weighted by Gasteiger charge is 2.24. The average Bonchev–Trinajstić information content (AvgIpc) is 2.67. The first-order valence-corrected chi connectivity index (χ1v) is 7.00. The van der Waals surface area contributed by atoms with E-state index in [1.807, 2.05) is 0 Å². The Morgan fingerprint density at radius 2 is 1.95 bits per heavy atom. The molecule has 9 heteroatoms. The number of benzene rings is 1. The summed E-state index contributed by atoms with van der Waals surface area (Å²) in [5, 5.41) is 6.34. The Morgan fingerprint density at radius 3 is 2.50 bits per heavy atom. The van der Waals surface area contributed by atoms with Gasteiger partial charge in [0, 0.05) is 11.3 Å². The van der Waals surface area contributed by atoms with Gasteiger partial charge in [0.15, 0.2) is 11.6 Å². The highest BCUT2D eigenvalue weighted by atomic mass is 32.2. The van der Waals surface area contributed by atoms with Gasteiger partial charge < -0.3 is 5.73 Å². The number of sulfonamides is 1. The molecule has 0 radical (unpaired) electrons. The Hall–Kier alpha value is -2.16. The normalized spacial score (nSPS) is 11.6. The maximum atomic E-state index is 13.8. The monoisotopic (exact) mass is 302 g/mol. The van der Waals surface area contributed by atoms with Gasteiger partial charge >= 0.3 is 0 Å². The van der Waals surface area contributed by atoms with Gasteiger partial charge in [-0.05, 0) is 26.0 Å².